The highest BCUT2D eigenvalue weighted by Gasteiger charge is 2.34. The van der Waals surface area contributed by atoms with Crippen molar-refractivity contribution in [1.29, 1.82) is 0 Å². The Hall–Kier alpha value is -1.54. The van der Waals surface area contributed by atoms with E-state index in [1.807, 2.05) is 6.92 Å². The molecule has 1 fully saturated rings. The van der Waals surface area contributed by atoms with Crippen LogP contribution in [0.3, 0.4) is 0 Å². The summed E-state index contributed by atoms with van der Waals surface area (Å²) in [5, 5.41) is 12.9. The predicted octanol–water partition coefficient (Wildman–Crippen LogP) is 0.0261. The number of aromatic nitrogens is 2. The van der Waals surface area contributed by atoms with Crippen LogP contribution in [-0.4, -0.2) is 57.3 Å². The molecule has 2 rings (SSSR count). The van der Waals surface area contributed by atoms with Crippen LogP contribution in [0.2, 0.25) is 0 Å². The summed E-state index contributed by atoms with van der Waals surface area (Å²) >= 11 is 1.00. The second-order valence-electron chi connectivity index (χ2n) is 3.83. The summed E-state index contributed by atoms with van der Waals surface area (Å²) in [6.07, 6.45) is 0.597. The molecule has 1 amide bonds. The lowest BCUT2D eigenvalue weighted by molar-refractivity contribution is -0.147. The number of carboxylic acids is 1. The minimum atomic E-state index is -1.06. The van der Waals surface area contributed by atoms with E-state index in [4.69, 9.17) is 9.84 Å². The number of ether oxygens (including phenoxy) is 1. The minimum absolute atomic E-state index is 0.0226. The topological polar surface area (TPSA) is 92.6 Å². The van der Waals surface area contributed by atoms with Gasteiger partial charge in [-0.3, -0.25) is 4.79 Å². The molecule has 0 aromatic carbocycles. The van der Waals surface area contributed by atoms with Gasteiger partial charge in [-0.25, -0.2) is 4.79 Å². The van der Waals surface area contributed by atoms with E-state index in [2.05, 4.69) is 9.59 Å². The molecule has 0 saturated carbocycles. The first-order valence-corrected chi connectivity index (χ1v) is 6.35. The van der Waals surface area contributed by atoms with Crippen LogP contribution in [0.15, 0.2) is 0 Å². The van der Waals surface area contributed by atoms with Gasteiger partial charge >= 0.3 is 5.97 Å². The van der Waals surface area contributed by atoms with E-state index in [-0.39, 0.29) is 19.1 Å². The molecule has 1 aromatic rings. The van der Waals surface area contributed by atoms with Crippen LogP contribution in [0.25, 0.3) is 0 Å². The van der Waals surface area contributed by atoms with Gasteiger partial charge in [-0.05, 0) is 18.0 Å². The van der Waals surface area contributed by atoms with Gasteiger partial charge in [0.05, 0.1) is 18.9 Å². The van der Waals surface area contributed by atoms with Crippen LogP contribution in [-0.2, 0) is 16.0 Å². The van der Waals surface area contributed by atoms with E-state index >= 15 is 0 Å². The lowest BCUT2D eigenvalue weighted by Crippen LogP contribution is -2.52. The van der Waals surface area contributed by atoms with Crippen molar-refractivity contribution in [3.8, 4) is 0 Å². The van der Waals surface area contributed by atoms with E-state index in [1.54, 1.807) is 0 Å². The third-order valence-electron chi connectivity index (χ3n) is 2.76. The van der Waals surface area contributed by atoms with E-state index in [0.29, 0.717) is 23.6 Å². The smallest absolute Gasteiger partial charge is 0.328 e. The van der Waals surface area contributed by atoms with Gasteiger partial charge in [-0.1, -0.05) is 11.4 Å². The van der Waals surface area contributed by atoms with Crippen LogP contribution in [0.1, 0.15) is 22.3 Å². The number of nitrogens with zero attached hydrogens (tertiary/aromatic N) is 3. The van der Waals surface area contributed by atoms with Crippen molar-refractivity contribution in [2.24, 2.45) is 0 Å². The van der Waals surface area contributed by atoms with Gasteiger partial charge in [0.15, 0.2) is 6.04 Å². The zero-order valence-corrected chi connectivity index (χ0v) is 10.6. The van der Waals surface area contributed by atoms with E-state index in [9.17, 15) is 9.59 Å². The Kier molecular flexibility index (Phi) is 3.87. The molecule has 8 heteroatoms. The van der Waals surface area contributed by atoms with Gasteiger partial charge in [-0.15, -0.1) is 5.10 Å². The minimum Gasteiger partial charge on any atom is -0.480 e. The number of hydrogen-bond acceptors (Lipinski definition) is 6. The highest BCUT2D eigenvalue weighted by Crippen LogP contribution is 2.18. The van der Waals surface area contributed by atoms with Gasteiger partial charge in [-0.2, -0.15) is 0 Å². The third kappa shape index (κ3) is 2.34. The van der Waals surface area contributed by atoms with E-state index in [1.165, 1.54) is 4.90 Å². The van der Waals surface area contributed by atoms with Gasteiger partial charge in [0.25, 0.3) is 5.91 Å². The summed E-state index contributed by atoms with van der Waals surface area (Å²) in [6.45, 7) is 2.52. The van der Waals surface area contributed by atoms with Crippen molar-refractivity contribution in [2.75, 3.05) is 19.8 Å². The number of aryl methyl sites for hydroxylation is 1. The maximum Gasteiger partial charge on any atom is 0.328 e. The molecule has 2 heterocycles. The van der Waals surface area contributed by atoms with Crippen molar-refractivity contribution < 1.29 is 19.4 Å². The molecular weight excluding hydrogens is 258 g/mol. The third-order valence-corrected chi connectivity index (χ3v) is 3.52. The molecule has 18 heavy (non-hydrogen) atoms. The number of morpholine rings is 1. The zero-order valence-electron chi connectivity index (χ0n) is 9.83. The fourth-order valence-electron chi connectivity index (χ4n) is 1.78. The van der Waals surface area contributed by atoms with Gasteiger partial charge < -0.3 is 14.7 Å². The summed E-state index contributed by atoms with van der Waals surface area (Å²) in [5.41, 5.74) is 0.612. The Bertz CT molecular complexity index is 462. The van der Waals surface area contributed by atoms with Crippen molar-refractivity contribution in [2.45, 2.75) is 19.4 Å². The average molecular weight is 271 g/mol. The molecule has 1 aliphatic heterocycles. The molecule has 1 unspecified atom stereocenters. The number of carbonyl (C=O) groups excluding carboxylic acids is 1. The largest absolute Gasteiger partial charge is 0.480 e. The van der Waals surface area contributed by atoms with Crippen molar-refractivity contribution >= 4 is 23.4 Å². The molecule has 0 aliphatic carbocycles. The number of aliphatic carboxylic acids is 1. The lowest BCUT2D eigenvalue weighted by atomic mass is 10.2. The first-order valence-electron chi connectivity index (χ1n) is 5.58. The Labute approximate surface area is 108 Å². The van der Waals surface area contributed by atoms with Crippen LogP contribution in [0.5, 0.6) is 0 Å². The van der Waals surface area contributed by atoms with Gasteiger partial charge in [0, 0.05) is 6.54 Å². The summed E-state index contributed by atoms with van der Waals surface area (Å²) in [4.78, 5) is 25.1. The van der Waals surface area contributed by atoms with Crippen LogP contribution >= 0.6 is 11.5 Å². The molecule has 0 bridgehead atoms. The number of carboxylic acid groups (broad SMARTS) is 1. The molecule has 98 valence electrons. The Morgan fingerprint density at radius 2 is 2.39 bits per heavy atom. The summed E-state index contributed by atoms with van der Waals surface area (Å²) in [5.74, 6) is -1.38. The molecule has 0 radical (unpaired) electrons. The normalized spacial score (nSPS) is 19.8. The second-order valence-corrected chi connectivity index (χ2v) is 4.58. The van der Waals surface area contributed by atoms with E-state index < -0.39 is 12.0 Å². The average Bonchev–Trinajstić information content (AvgIpc) is 2.86. The van der Waals surface area contributed by atoms with Crippen LogP contribution in [0.4, 0.5) is 0 Å². The highest BCUT2D eigenvalue weighted by molar-refractivity contribution is 7.08. The monoisotopic (exact) mass is 271 g/mol. The highest BCUT2D eigenvalue weighted by atomic mass is 32.1. The van der Waals surface area contributed by atoms with Crippen molar-refractivity contribution in [3.05, 3.63) is 10.6 Å². The molecule has 1 aliphatic rings. The Morgan fingerprint density at radius 1 is 1.61 bits per heavy atom. The van der Waals surface area contributed by atoms with Crippen LogP contribution in [0, 0.1) is 0 Å². The number of hydrogen-bond donors (Lipinski definition) is 1. The van der Waals surface area contributed by atoms with E-state index in [0.717, 1.165) is 11.5 Å². The van der Waals surface area contributed by atoms with Crippen LogP contribution < -0.4 is 0 Å². The molecular formula is C10H13N3O4S. The molecule has 1 N–H and O–H groups in total. The SMILES string of the molecule is CCc1nnsc1C(=O)N1CCOCC1C(=O)O. The second kappa shape index (κ2) is 5.40. The Morgan fingerprint density at radius 3 is 3.06 bits per heavy atom. The molecule has 1 atom stereocenters. The maximum atomic E-state index is 12.3. The van der Waals surface area contributed by atoms with Gasteiger partial charge in [0.2, 0.25) is 0 Å². The fourth-order valence-corrected chi connectivity index (χ4v) is 2.49. The fraction of sp³-hybridized carbons (Fsp3) is 0.600. The Balaban J connectivity index is 2.23. The molecule has 0 spiro atoms. The zero-order chi connectivity index (χ0) is 13.1. The standard InChI is InChI=1S/C10H13N3O4S/c1-2-6-8(18-12-11-6)9(14)13-3-4-17-5-7(13)10(15)16/h7H,2-5H2,1H3,(H,15,16). The lowest BCUT2D eigenvalue weighted by Gasteiger charge is -2.32. The van der Waals surface area contributed by atoms with Gasteiger partial charge in [0.1, 0.15) is 4.88 Å². The quantitative estimate of drug-likeness (QED) is 0.833. The molecule has 7 nitrogen and oxygen atoms in total. The molecule has 1 aromatic heterocycles. The summed E-state index contributed by atoms with van der Waals surface area (Å²) in [6, 6.07) is -0.932. The number of amides is 1. The molecule has 1 saturated heterocycles. The van der Waals surface area contributed by atoms with Crippen molar-refractivity contribution in [1.82, 2.24) is 14.5 Å². The number of rotatable bonds is 3. The van der Waals surface area contributed by atoms with Crippen molar-refractivity contribution in [3.63, 3.8) is 0 Å². The first-order chi connectivity index (χ1) is 8.65. The summed E-state index contributed by atoms with van der Waals surface area (Å²) in [7, 11) is 0. The summed E-state index contributed by atoms with van der Waals surface area (Å²) < 4.78 is 8.84. The number of carbonyl (C=O) groups is 2. The first kappa shape index (κ1) is 12.9. The predicted molar refractivity (Wildman–Crippen MR) is 62.6 cm³/mol. The maximum absolute atomic E-state index is 12.3.